The van der Waals surface area contributed by atoms with Gasteiger partial charge in [0.05, 0.1) is 0 Å². The molecule has 112 valence electrons. The van der Waals surface area contributed by atoms with Crippen LogP contribution in [0.4, 0.5) is 0 Å². The van der Waals surface area contributed by atoms with Gasteiger partial charge in [0.15, 0.2) is 0 Å². The molecule has 1 heterocycles. The molecule has 1 saturated carbocycles. The fourth-order valence-electron chi connectivity index (χ4n) is 4.76. The highest BCUT2D eigenvalue weighted by Crippen LogP contribution is 2.45. The lowest BCUT2D eigenvalue weighted by molar-refractivity contribution is -0.0365. The fraction of sp³-hybridized carbons (Fsp3) is 1.00. The molecule has 0 spiro atoms. The van der Waals surface area contributed by atoms with E-state index in [9.17, 15) is 0 Å². The van der Waals surface area contributed by atoms with Crippen LogP contribution < -0.4 is 5.73 Å². The van der Waals surface area contributed by atoms with E-state index in [-0.39, 0.29) is 0 Å². The number of nitrogens with two attached hydrogens (primary N) is 1. The lowest BCUT2D eigenvalue weighted by atomic mass is 9.66. The quantitative estimate of drug-likeness (QED) is 0.835. The van der Waals surface area contributed by atoms with Crippen molar-refractivity contribution in [1.82, 2.24) is 4.90 Å². The summed E-state index contributed by atoms with van der Waals surface area (Å²) in [6.07, 6.45) is 12.2. The number of rotatable bonds is 4. The van der Waals surface area contributed by atoms with Gasteiger partial charge in [-0.15, -0.1) is 0 Å². The first-order valence-corrected chi connectivity index (χ1v) is 8.50. The zero-order valence-corrected chi connectivity index (χ0v) is 13.4. The van der Waals surface area contributed by atoms with Crippen molar-refractivity contribution in [3.8, 4) is 0 Å². The maximum absolute atomic E-state index is 6.31. The number of hydrogen-bond donors (Lipinski definition) is 1. The summed E-state index contributed by atoms with van der Waals surface area (Å²) in [4.78, 5) is 2.85. The molecule has 2 atom stereocenters. The van der Waals surface area contributed by atoms with Gasteiger partial charge in [0.2, 0.25) is 0 Å². The van der Waals surface area contributed by atoms with Crippen LogP contribution in [-0.4, -0.2) is 29.6 Å². The third-order valence-corrected chi connectivity index (χ3v) is 5.54. The average Bonchev–Trinajstić information content (AvgIpc) is 2.38. The molecule has 0 aromatic rings. The summed E-state index contributed by atoms with van der Waals surface area (Å²) in [6, 6.07) is 0.802. The normalized spacial score (nSPS) is 36.3. The fourth-order valence-corrected chi connectivity index (χ4v) is 4.76. The van der Waals surface area contributed by atoms with Gasteiger partial charge in [-0.25, -0.2) is 0 Å². The van der Waals surface area contributed by atoms with Gasteiger partial charge >= 0.3 is 0 Å². The Hall–Kier alpha value is -0.0800. The average molecular weight is 266 g/mol. The Balaban J connectivity index is 2.17. The van der Waals surface area contributed by atoms with Crippen LogP contribution in [0.5, 0.6) is 0 Å². The van der Waals surface area contributed by atoms with Crippen molar-refractivity contribution in [1.29, 1.82) is 0 Å². The van der Waals surface area contributed by atoms with Gasteiger partial charge in [-0.1, -0.05) is 40.0 Å². The first-order valence-electron chi connectivity index (χ1n) is 8.50. The molecule has 1 aliphatic heterocycles. The van der Waals surface area contributed by atoms with Crippen LogP contribution in [0.1, 0.15) is 78.6 Å². The van der Waals surface area contributed by atoms with E-state index in [4.69, 9.17) is 5.73 Å². The summed E-state index contributed by atoms with van der Waals surface area (Å²) in [5.74, 6) is 0. The molecule has 0 bridgehead atoms. The lowest BCUT2D eigenvalue weighted by Gasteiger charge is -2.55. The molecule has 0 aromatic carbocycles. The van der Waals surface area contributed by atoms with E-state index in [1.54, 1.807) is 0 Å². The molecule has 0 amide bonds. The van der Waals surface area contributed by atoms with Crippen molar-refractivity contribution in [2.24, 2.45) is 11.1 Å². The summed E-state index contributed by atoms with van der Waals surface area (Å²) in [5.41, 5.74) is 7.09. The Bertz CT molecular complexity index is 285. The highest BCUT2D eigenvalue weighted by Gasteiger charge is 2.45. The van der Waals surface area contributed by atoms with E-state index >= 15 is 0 Å². The molecule has 0 aromatic heterocycles. The van der Waals surface area contributed by atoms with Gasteiger partial charge < -0.3 is 5.73 Å². The van der Waals surface area contributed by atoms with Crippen molar-refractivity contribution in [2.75, 3.05) is 13.1 Å². The van der Waals surface area contributed by atoms with E-state index in [1.807, 2.05) is 0 Å². The van der Waals surface area contributed by atoms with Crippen LogP contribution >= 0.6 is 0 Å². The summed E-state index contributed by atoms with van der Waals surface area (Å²) in [5, 5.41) is 0. The molecule has 19 heavy (non-hydrogen) atoms. The Morgan fingerprint density at radius 1 is 1.16 bits per heavy atom. The van der Waals surface area contributed by atoms with E-state index in [1.165, 1.54) is 64.3 Å². The van der Waals surface area contributed by atoms with Crippen molar-refractivity contribution in [2.45, 2.75) is 90.1 Å². The van der Waals surface area contributed by atoms with Gasteiger partial charge in [-0.05, 0) is 50.5 Å². The van der Waals surface area contributed by atoms with Crippen molar-refractivity contribution >= 4 is 0 Å². The second kappa shape index (κ2) is 6.13. The van der Waals surface area contributed by atoms with Gasteiger partial charge in [-0.2, -0.15) is 0 Å². The first-order chi connectivity index (χ1) is 9.03. The third kappa shape index (κ3) is 3.33. The minimum atomic E-state index is 0.308. The van der Waals surface area contributed by atoms with Crippen LogP contribution in [0.15, 0.2) is 0 Å². The Morgan fingerprint density at radius 2 is 1.95 bits per heavy atom. The van der Waals surface area contributed by atoms with Crippen molar-refractivity contribution < 1.29 is 0 Å². The molecule has 0 radical (unpaired) electrons. The second-order valence-electron chi connectivity index (χ2n) is 7.75. The monoisotopic (exact) mass is 266 g/mol. The Kier molecular flexibility index (Phi) is 4.94. The van der Waals surface area contributed by atoms with E-state index in [2.05, 4.69) is 25.7 Å². The van der Waals surface area contributed by atoms with Crippen LogP contribution in [0.2, 0.25) is 0 Å². The van der Waals surface area contributed by atoms with Crippen molar-refractivity contribution in [3.63, 3.8) is 0 Å². The van der Waals surface area contributed by atoms with E-state index < -0.39 is 0 Å². The highest BCUT2D eigenvalue weighted by molar-refractivity contribution is 5.02. The minimum Gasteiger partial charge on any atom is -0.329 e. The topological polar surface area (TPSA) is 29.3 Å². The van der Waals surface area contributed by atoms with Crippen LogP contribution in [0, 0.1) is 5.41 Å². The smallest absolute Gasteiger partial charge is 0.0339 e. The summed E-state index contributed by atoms with van der Waals surface area (Å²) < 4.78 is 0. The molecule has 2 N–H and O–H groups in total. The summed E-state index contributed by atoms with van der Waals surface area (Å²) in [7, 11) is 0. The molecule has 2 fully saturated rings. The SMILES string of the molecule is CCCC1CCCCN1C1(CN)CCCC(C)(C)C1. The molecule has 2 rings (SSSR count). The predicted octanol–water partition coefficient (Wildman–Crippen LogP) is 3.94. The van der Waals surface area contributed by atoms with Gasteiger partial charge in [-0.3, -0.25) is 4.90 Å². The van der Waals surface area contributed by atoms with Crippen molar-refractivity contribution in [3.05, 3.63) is 0 Å². The van der Waals surface area contributed by atoms with E-state index in [0.29, 0.717) is 11.0 Å². The molecule has 2 heteroatoms. The molecular formula is C17H34N2. The second-order valence-corrected chi connectivity index (χ2v) is 7.75. The zero-order chi connectivity index (χ0) is 13.9. The maximum atomic E-state index is 6.31. The zero-order valence-electron chi connectivity index (χ0n) is 13.4. The number of nitrogens with zero attached hydrogens (tertiary/aromatic N) is 1. The maximum Gasteiger partial charge on any atom is 0.0339 e. The highest BCUT2D eigenvalue weighted by atomic mass is 15.2. The third-order valence-electron chi connectivity index (χ3n) is 5.54. The molecule has 1 saturated heterocycles. The number of hydrogen-bond acceptors (Lipinski definition) is 2. The molecule has 1 aliphatic carbocycles. The molecule has 2 nitrogen and oxygen atoms in total. The van der Waals surface area contributed by atoms with Gasteiger partial charge in [0.25, 0.3) is 0 Å². The minimum absolute atomic E-state index is 0.308. The van der Waals surface area contributed by atoms with E-state index in [0.717, 1.165) is 12.6 Å². The number of likely N-dealkylation sites (tertiary alicyclic amines) is 1. The van der Waals surface area contributed by atoms with Crippen LogP contribution in [0.3, 0.4) is 0 Å². The molecule has 2 aliphatic rings. The standard InChI is InChI=1S/C17H34N2/c1-4-8-15-9-5-6-12-19(15)17(14-18)11-7-10-16(2,3)13-17/h15H,4-14,18H2,1-3H3. The molecule has 2 unspecified atom stereocenters. The Morgan fingerprint density at radius 3 is 2.58 bits per heavy atom. The summed E-state index contributed by atoms with van der Waals surface area (Å²) >= 11 is 0. The lowest BCUT2D eigenvalue weighted by Crippen LogP contribution is -2.62. The molecular weight excluding hydrogens is 232 g/mol. The Labute approximate surface area is 120 Å². The predicted molar refractivity (Wildman–Crippen MR) is 83.3 cm³/mol. The van der Waals surface area contributed by atoms with Gasteiger partial charge in [0, 0.05) is 18.1 Å². The number of piperidine rings is 1. The van der Waals surface area contributed by atoms with Gasteiger partial charge in [0.1, 0.15) is 0 Å². The summed E-state index contributed by atoms with van der Waals surface area (Å²) in [6.45, 7) is 9.35. The van der Waals surface area contributed by atoms with Crippen LogP contribution in [-0.2, 0) is 0 Å². The van der Waals surface area contributed by atoms with Crippen LogP contribution in [0.25, 0.3) is 0 Å². The first kappa shape index (κ1) is 15.3. The largest absolute Gasteiger partial charge is 0.329 e.